The van der Waals surface area contributed by atoms with Gasteiger partial charge in [0, 0.05) is 27.6 Å². The Hall–Kier alpha value is -4.33. The number of fused-ring (bicyclic) bond motifs is 1. The fourth-order valence-electron chi connectivity index (χ4n) is 4.11. The highest BCUT2D eigenvalue weighted by molar-refractivity contribution is 5.85. The van der Waals surface area contributed by atoms with Gasteiger partial charge in [-0.05, 0) is 105 Å². The number of allylic oxidation sites excluding steroid dienone is 4. The first-order chi connectivity index (χ1) is 18.2. The monoisotopic (exact) mass is 482 g/mol. The van der Waals surface area contributed by atoms with Gasteiger partial charge < -0.3 is 0 Å². The van der Waals surface area contributed by atoms with Gasteiger partial charge >= 0.3 is 0 Å². The minimum absolute atomic E-state index is 0.126. The van der Waals surface area contributed by atoms with Crippen molar-refractivity contribution in [2.45, 2.75) is 39.5 Å². The van der Waals surface area contributed by atoms with Crippen molar-refractivity contribution in [2.75, 3.05) is 0 Å². The van der Waals surface area contributed by atoms with Crippen LogP contribution in [0.15, 0.2) is 103 Å². The predicted octanol–water partition coefficient (Wildman–Crippen LogP) is 8.80. The fraction of sp³-hybridized carbons (Fsp3) is 0.167. The topological polar surface area (TPSA) is 0 Å². The SMILES string of the molecule is C/C=C/CCc1ccc(C#Cc2ccc(C#Cc3ccc4c(F)c(CC/C=C/C)ccc4c3)cc2)cc1. The lowest BCUT2D eigenvalue weighted by atomic mass is 10.0. The van der Waals surface area contributed by atoms with Crippen LogP contribution in [0.5, 0.6) is 0 Å². The standard InChI is InChI=1S/C36H31F/c1-3-5-7-9-28-11-13-29(14-12-28)15-16-30-17-19-31(20-18-30)21-22-32-23-26-35-34(27-32)25-24-33(36(35)37)10-8-6-4-2/h3-6,11-14,17-20,23-27H,7-10H2,1-2H3/b5-3+,6-4+. The minimum atomic E-state index is -0.126. The van der Waals surface area contributed by atoms with Crippen molar-refractivity contribution < 1.29 is 4.39 Å². The molecule has 0 N–H and O–H groups in total. The van der Waals surface area contributed by atoms with E-state index in [1.807, 2.05) is 74.5 Å². The zero-order valence-electron chi connectivity index (χ0n) is 21.5. The summed E-state index contributed by atoms with van der Waals surface area (Å²) in [5.74, 6) is 12.8. The van der Waals surface area contributed by atoms with Gasteiger partial charge in [0.2, 0.25) is 0 Å². The summed E-state index contributed by atoms with van der Waals surface area (Å²) < 4.78 is 14.9. The molecule has 4 rings (SSSR count). The van der Waals surface area contributed by atoms with Gasteiger partial charge in [-0.15, -0.1) is 0 Å². The van der Waals surface area contributed by atoms with Gasteiger partial charge in [-0.2, -0.15) is 0 Å². The third kappa shape index (κ3) is 7.33. The number of halogens is 1. The van der Waals surface area contributed by atoms with Crippen LogP contribution < -0.4 is 0 Å². The highest BCUT2D eigenvalue weighted by Crippen LogP contribution is 2.23. The van der Waals surface area contributed by atoms with E-state index in [9.17, 15) is 4.39 Å². The molecule has 0 nitrogen and oxygen atoms in total. The molecule has 4 aromatic carbocycles. The van der Waals surface area contributed by atoms with Crippen LogP contribution in [0.25, 0.3) is 10.8 Å². The van der Waals surface area contributed by atoms with Crippen LogP contribution in [0.4, 0.5) is 4.39 Å². The molecule has 37 heavy (non-hydrogen) atoms. The molecule has 0 aliphatic carbocycles. The molecule has 0 amide bonds. The quantitative estimate of drug-likeness (QED) is 0.190. The number of hydrogen-bond acceptors (Lipinski definition) is 0. The Balaban J connectivity index is 1.41. The third-order valence-corrected chi connectivity index (χ3v) is 6.23. The van der Waals surface area contributed by atoms with E-state index in [4.69, 9.17) is 0 Å². The Morgan fingerprint density at radius 1 is 0.595 bits per heavy atom. The van der Waals surface area contributed by atoms with Gasteiger partial charge in [-0.3, -0.25) is 0 Å². The summed E-state index contributed by atoms with van der Waals surface area (Å²) in [6.45, 7) is 4.03. The average molecular weight is 483 g/mol. The van der Waals surface area contributed by atoms with Crippen LogP contribution in [0, 0.1) is 29.5 Å². The summed E-state index contributed by atoms with van der Waals surface area (Å²) in [6, 6.07) is 26.0. The van der Waals surface area contributed by atoms with E-state index < -0.39 is 0 Å². The molecule has 0 atom stereocenters. The van der Waals surface area contributed by atoms with Crippen molar-refractivity contribution in [2.24, 2.45) is 0 Å². The second-order valence-corrected chi connectivity index (χ2v) is 8.96. The molecule has 0 saturated carbocycles. The lowest BCUT2D eigenvalue weighted by molar-refractivity contribution is 0.621. The molecular weight excluding hydrogens is 451 g/mol. The lowest BCUT2D eigenvalue weighted by Gasteiger charge is -2.06. The molecule has 0 saturated heterocycles. The largest absolute Gasteiger partial charge is 0.206 e. The molecule has 0 aliphatic heterocycles. The molecule has 0 unspecified atom stereocenters. The Morgan fingerprint density at radius 3 is 1.70 bits per heavy atom. The number of rotatable bonds is 6. The Kier molecular flexibility index (Phi) is 9.12. The molecule has 0 spiro atoms. The van der Waals surface area contributed by atoms with E-state index in [0.717, 1.165) is 52.5 Å². The zero-order chi connectivity index (χ0) is 25.9. The van der Waals surface area contributed by atoms with Gasteiger partial charge in [0.15, 0.2) is 0 Å². The molecule has 0 bridgehead atoms. The van der Waals surface area contributed by atoms with Gasteiger partial charge in [0.05, 0.1) is 0 Å². The van der Waals surface area contributed by atoms with Gasteiger partial charge in [0.1, 0.15) is 5.82 Å². The van der Waals surface area contributed by atoms with Crippen LogP contribution in [0.2, 0.25) is 0 Å². The smallest absolute Gasteiger partial charge is 0.134 e. The van der Waals surface area contributed by atoms with E-state index in [1.54, 1.807) is 0 Å². The predicted molar refractivity (Wildman–Crippen MR) is 155 cm³/mol. The fourth-order valence-corrected chi connectivity index (χ4v) is 4.11. The van der Waals surface area contributed by atoms with Crippen molar-refractivity contribution >= 4 is 10.8 Å². The highest BCUT2D eigenvalue weighted by Gasteiger charge is 2.07. The summed E-state index contributed by atoms with van der Waals surface area (Å²) in [5, 5.41) is 1.52. The normalized spacial score (nSPS) is 10.9. The molecule has 1 heteroatoms. The summed E-state index contributed by atoms with van der Waals surface area (Å²) >= 11 is 0. The summed E-state index contributed by atoms with van der Waals surface area (Å²) in [5.41, 5.74) is 5.83. The maximum atomic E-state index is 14.9. The number of hydrogen-bond donors (Lipinski definition) is 0. The Morgan fingerprint density at radius 2 is 1.11 bits per heavy atom. The van der Waals surface area contributed by atoms with E-state index in [2.05, 4.69) is 66.2 Å². The second kappa shape index (κ2) is 13.1. The van der Waals surface area contributed by atoms with Gasteiger partial charge in [-0.1, -0.05) is 78.3 Å². The molecule has 0 aliphatic rings. The zero-order valence-corrected chi connectivity index (χ0v) is 21.5. The number of benzene rings is 4. The van der Waals surface area contributed by atoms with E-state index in [1.165, 1.54) is 5.56 Å². The minimum Gasteiger partial charge on any atom is -0.206 e. The lowest BCUT2D eigenvalue weighted by Crippen LogP contribution is -1.92. The molecule has 0 aromatic heterocycles. The van der Waals surface area contributed by atoms with Crippen molar-refractivity contribution in [3.8, 4) is 23.7 Å². The number of aryl methyl sites for hydroxylation is 2. The van der Waals surface area contributed by atoms with Crippen molar-refractivity contribution in [3.63, 3.8) is 0 Å². The van der Waals surface area contributed by atoms with Crippen LogP contribution >= 0.6 is 0 Å². The summed E-state index contributed by atoms with van der Waals surface area (Å²) in [7, 11) is 0. The first-order valence-electron chi connectivity index (χ1n) is 12.8. The maximum absolute atomic E-state index is 14.9. The van der Waals surface area contributed by atoms with Crippen LogP contribution in [-0.4, -0.2) is 0 Å². The molecule has 0 radical (unpaired) electrons. The second-order valence-electron chi connectivity index (χ2n) is 8.96. The molecule has 4 aromatic rings. The summed E-state index contributed by atoms with van der Waals surface area (Å²) in [4.78, 5) is 0. The van der Waals surface area contributed by atoms with Crippen molar-refractivity contribution in [1.29, 1.82) is 0 Å². The molecule has 0 heterocycles. The first-order valence-corrected chi connectivity index (χ1v) is 12.8. The molecule has 0 fully saturated rings. The Bertz CT molecular complexity index is 1530. The first kappa shape index (κ1) is 25.8. The van der Waals surface area contributed by atoms with E-state index >= 15 is 0 Å². The van der Waals surface area contributed by atoms with Crippen LogP contribution in [0.1, 0.15) is 60.1 Å². The Labute approximate surface area is 220 Å². The summed E-state index contributed by atoms with van der Waals surface area (Å²) in [6.07, 6.45) is 12.0. The maximum Gasteiger partial charge on any atom is 0.134 e. The van der Waals surface area contributed by atoms with Crippen LogP contribution in [-0.2, 0) is 12.8 Å². The van der Waals surface area contributed by atoms with Crippen LogP contribution in [0.3, 0.4) is 0 Å². The van der Waals surface area contributed by atoms with Crippen molar-refractivity contribution in [1.82, 2.24) is 0 Å². The molecule has 182 valence electrons. The average Bonchev–Trinajstić information content (AvgIpc) is 2.93. The van der Waals surface area contributed by atoms with E-state index in [-0.39, 0.29) is 5.82 Å². The third-order valence-electron chi connectivity index (χ3n) is 6.23. The van der Waals surface area contributed by atoms with Crippen molar-refractivity contribution in [3.05, 3.63) is 142 Å². The van der Waals surface area contributed by atoms with Gasteiger partial charge in [0.25, 0.3) is 0 Å². The van der Waals surface area contributed by atoms with Gasteiger partial charge in [-0.25, -0.2) is 4.39 Å². The van der Waals surface area contributed by atoms with E-state index in [0.29, 0.717) is 11.8 Å². The highest BCUT2D eigenvalue weighted by atomic mass is 19.1. The molecular formula is C36H31F.